The zero-order valence-corrected chi connectivity index (χ0v) is 8.88. The summed E-state index contributed by atoms with van der Waals surface area (Å²) in [5.74, 6) is 0. The molecule has 0 fully saturated rings. The Hall–Kier alpha value is 1.53. The zero-order chi connectivity index (χ0) is 8.41. The summed E-state index contributed by atoms with van der Waals surface area (Å²) in [6, 6.07) is 0. The van der Waals surface area contributed by atoms with Crippen molar-refractivity contribution in [3.63, 3.8) is 0 Å². The summed E-state index contributed by atoms with van der Waals surface area (Å²) in [6.45, 7) is 0. The monoisotopic (exact) mass is 298 g/mol. The van der Waals surface area contributed by atoms with Crippen molar-refractivity contribution in [2.75, 3.05) is 0 Å². The molecule has 0 spiro atoms. The van der Waals surface area contributed by atoms with E-state index >= 15 is 0 Å². The van der Waals surface area contributed by atoms with Crippen molar-refractivity contribution in [1.29, 1.82) is 0 Å². The molecule has 0 unspecified atom stereocenters. The average molecular weight is 298 g/mol. The molecule has 0 amide bonds. The molecule has 0 saturated carbocycles. The molecule has 0 radical (unpaired) electrons. The molecule has 0 nitrogen and oxygen atoms in total. The minimum atomic E-state index is -4.32. The van der Waals surface area contributed by atoms with Gasteiger partial charge in [-0.15, -0.1) is 0 Å². The first-order valence-corrected chi connectivity index (χ1v) is 5.82. The molecule has 0 aromatic rings. The molecule has 0 heterocycles. The molecule has 8 heteroatoms. The van der Waals surface area contributed by atoms with Crippen LogP contribution in [0.5, 0.6) is 0 Å². The molecule has 0 aliphatic carbocycles. The normalized spacial score (nSPS) is 13.8. The third-order valence-electron chi connectivity index (χ3n) is 0.324. The zero-order valence-electron chi connectivity index (χ0n) is 4.08. The third kappa shape index (κ3) is 6.25. The Labute approximate surface area is 80.4 Å². The predicted octanol–water partition coefficient (Wildman–Crippen LogP) is 3.19. The molecule has 0 N–H and O–H groups in total. The maximum absolute atomic E-state index is 11.5. The quantitative estimate of drug-likeness (QED) is 0.557. The van der Waals surface area contributed by atoms with Gasteiger partial charge >= 0.3 is 80.6 Å². The fourth-order valence-corrected chi connectivity index (χ4v) is 2.84. The van der Waals surface area contributed by atoms with Gasteiger partial charge < -0.3 is 0 Å². The van der Waals surface area contributed by atoms with Crippen LogP contribution in [0.15, 0.2) is 0 Å². The molecule has 0 aliphatic rings. The van der Waals surface area contributed by atoms with E-state index in [2.05, 4.69) is 0 Å². The molecule has 0 aromatic heterocycles. The molecular formula is C2Cl3F3SSe. The Kier molecular flexibility index (Phi) is 4.57. The van der Waals surface area contributed by atoms with Gasteiger partial charge in [-0.1, -0.05) is 0 Å². The number of alkyl halides is 5. The summed E-state index contributed by atoms with van der Waals surface area (Å²) in [7, 11) is 5.23. The third-order valence-corrected chi connectivity index (χ3v) is 5.50. The van der Waals surface area contributed by atoms with Crippen LogP contribution in [-0.2, 0) is 0 Å². The first-order chi connectivity index (χ1) is 4.27. The summed E-state index contributed by atoms with van der Waals surface area (Å²) >= 11 is 8.34. The van der Waals surface area contributed by atoms with E-state index < -0.39 is 22.6 Å². The van der Waals surface area contributed by atoms with Crippen molar-refractivity contribution in [2.45, 2.75) is 7.64 Å². The summed E-state index contributed by atoms with van der Waals surface area (Å²) in [4.78, 5) is 0. The number of rotatable bonds is 2. The van der Waals surface area contributed by atoms with E-state index in [9.17, 15) is 13.2 Å². The van der Waals surface area contributed by atoms with Crippen LogP contribution in [0.25, 0.3) is 0 Å². The Balaban J connectivity index is 3.89. The van der Waals surface area contributed by atoms with Gasteiger partial charge in [0.25, 0.3) is 0 Å². The molecule has 0 aromatic carbocycles. The van der Waals surface area contributed by atoms with Gasteiger partial charge in [-0.05, 0) is 0 Å². The van der Waals surface area contributed by atoms with Crippen LogP contribution < -0.4 is 0 Å². The van der Waals surface area contributed by atoms with Crippen molar-refractivity contribution >= 4 is 59.8 Å². The molecule has 0 saturated heterocycles. The van der Waals surface area contributed by atoms with Gasteiger partial charge in [0.05, 0.1) is 0 Å². The van der Waals surface area contributed by atoms with Crippen LogP contribution in [0.2, 0.25) is 0 Å². The first kappa shape index (κ1) is 11.5. The van der Waals surface area contributed by atoms with Crippen LogP contribution in [0.3, 0.4) is 0 Å². The van der Waals surface area contributed by atoms with Crippen LogP contribution in [-0.4, -0.2) is 22.6 Å². The summed E-state index contributed by atoms with van der Waals surface area (Å²) < 4.78 is 32.7. The molecule has 10 heavy (non-hydrogen) atoms. The van der Waals surface area contributed by atoms with Crippen LogP contribution >= 0.6 is 44.9 Å². The molecule has 0 bridgehead atoms. The number of hydrogen-bond donors (Lipinski definition) is 0. The van der Waals surface area contributed by atoms with Gasteiger partial charge in [-0.2, -0.15) is 0 Å². The van der Waals surface area contributed by atoms with Crippen molar-refractivity contribution in [2.24, 2.45) is 0 Å². The van der Waals surface area contributed by atoms with Gasteiger partial charge in [0.1, 0.15) is 0 Å². The molecule has 0 rings (SSSR count). The fourth-order valence-electron chi connectivity index (χ4n) is 0.150. The molecular weight excluding hydrogens is 298 g/mol. The van der Waals surface area contributed by atoms with E-state index in [0.29, 0.717) is 0 Å². The van der Waals surface area contributed by atoms with Crippen LogP contribution in [0, 0.1) is 0 Å². The predicted molar refractivity (Wildman–Crippen MR) is 39.7 cm³/mol. The molecule has 62 valence electrons. The van der Waals surface area contributed by atoms with Crippen molar-refractivity contribution in [3.05, 3.63) is 0 Å². The van der Waals surface area contributed by atoms with Crippen molar-refractivity contribution in [3.8, 4) is 0 Å². The van der Waals surface area contributed by atoms with Gasteiger partial charge in [-0.3, -0.25) is 0 Å². The number of hydrogen-bond acceptors (Lipinski definition) is 1. The van der Waals surface area contributed by atoms with E-state index in [-0.39, 0.29) is 11.0 Å². The van der Waals surface area contributed by atoms with E-state index in [1.54, 1.807) is 0 Å². The Morgan fingerprint density at radius 1 is 1.20 bits per heavy atom. The fraction of sp³-hybridized carbons (Fsp3) is 1.00. The summed E-state index contributed by atoms with van der Waals surface area (Å²) in [5, 5.41) is -4.32. The van der Waals surface area contributed by atoms with Gasteiger partial charge in [0, 0.05) is 0 Å². The van der Waals surface area contributed by atoms with E-state index in [1.807, 2.05) is 0 Å². The second-order valence-electron chi connectivity index (χ2n) is 1.09. The minimum absolute atomic E-state index is 0.265. The van der Waals surface area contributed by atoms with Crippen molar-refractivity contribution < 1.29 is 13.2 Å². The van der Waals surface area contributed by atoms with E-state index in [4.69, 9.17) is 33.9 Å². The standard InChI is InChI=1S/C2Cl3F3SSe/c3-1(4,9-5)10-2(6,7)8. The van der Waals surface area contributed by atoms with Crippen LogP contribution in [0.4, 0.5) is 13.2 Å². The molecule has 0 aliphatic heterocycles. The van der Waals surface area contributed by atoms with Gasteiger partial charge in [0.2, 0.25) is 0 Å². The second kappa shape index (κ2) is 3.96. The first-order valence-electron chi connectivity index (χ1n) is 1.71. The Morgan fingerprint density at radius 2 is 1.60 bits per heavy atom. The summed E-state index contributed by atoms with van der Waals surface area (Å²) in [5.41, 5.74) is 0. The van der Waals surface area contributed by atoms with E-state index in [1.165, 1.54) is 0 Å². The van der Waals surface area contributed by atoms with Crippen molar-refractivity contribution in [1.82, 2.24) is 0 Å². The average Bonchev–Trinajstić information content (AvgIpc) is 1.60. The van der Waals surface area contributed by atoms with E-state index in [0.717, 1.165) is 0 Å². The van der Waals surface area contributed by atoms with Crippen LogP contribution in [0.1, 0.15) is 0 Å². The Bertz CT molecular complexity index is 115. The second-order valence-corrected chi connectivity index (χ2v) is 8.38. The maximum atomic E-state index is 11.5. The Morgan fingerprint density at radius 3 is 1.70 bits per heavy atom. The van der Waals surface area contributed by atoms with Gasteiger partial charge in [-0.25, -0.2) is 0 Å². The topological polar surface area (TPSA) is 0 Å². The van der Waals surface area contributed by atoms with Gasteiger partial charge in [0.15, 0.2) is 0 Å². The number of halogens is 6. The molecule has 0 atom stereocenters. The SMILES string of the molecule is FC(F)(F)[Se]C(Cl)(Cl)SCl. The summed E-state index contributed by atoms with van der Waals surface area (Å²) in [6.07, 6.45) is 0.